The molecule has 18 heavy (non-hydrogen) atoms. The number of hydrogen-bond donors (Lipinski definition) is 0. The van der Waals surface area contributed by atoms with Crippen LogP contribution >= 0.6 is 0 Å². The first kappa shape index (κ1) is 13.8. The number of carbonyl (C=O) groups is 1. The van der Waals surface area contributed by atoms with E-state index in [9.17, 15) is 4.79 Å². The van der Waals surface area contributed by atoms with Gasteiger partial charge < -0.3 is 18.9 Å². The summed E-state index contributed by atoms with van der Waals surface area (Å²) in [6, 6.07) is 0. The molecule has 3 unspecified atom stereocenters. The number of hydrogen-bond acceptors (Lipinski definition) is 5. The van der Waals surface area contributed by atoms with Gasteiger partial charge in [-0.25, -0.2) is 0 Å². The number of epoxide rings is 1. The lowest BCUT2D eigenvalue weighted by molar-refractivity contribution is -0.142. The molecule has 2 rings (SSSR count). The van der Waals surface area contributed by atoms with Crippen molar-refractivity contribution in [3.05, 3.63) is 0 Å². The Morgan fingerprint density at radius 1 is 1.11 bits per heavy atom. The molecule has 5 nitrogen and oxygen atoms in total. The number of esters is 1. The van der Waals surface area contributed by atoms with Crippen molar-refractivity contribution in [2.24, 2.45) is 5.92 Å². The molecule has 0 amide bonds. The number of carbonyl (C=O) groups excluding carboxylic acids is 1. The molecule has 0 N–H and O–H groups in total. The molecule has 5 heteroatoms. The minimum Gasteiger partial charge on any atom is -0.463 e. The SMILES string of the molecule is CC(=O)OCCOCCOCC1CCC2OC2C1. The van der Waals surface area contributed by atoms with Crippen LogP contribution in [0.25, 0.3) is 0 Å². The van der Waals surface area contributed by atoms with E-state index in [2.05, 4.69) is 0 Å². The van der Waals surface area contributed by atoms with E-state index < -0.39 is 0 Å². The summed E-state index contributed by atoms with van der Waals surface area (Å²) in [5.74, 6) is 0.377. The molecule has 1 saturated carbocycles. The summed E-state index contributed by atoms with van der Waals surface area (Å²) < 4.78 is 21.1. The fraction of sp³-hybridized carbons (Fsp3) is 0.923. The van der Waals surface area contributed by atoms with Gasteiger partial charge in [0.05, 0.1) is 32.0 Å². The van der Waals surface area contributed by atoms with E-state index in [1.165, 1.54) is 19.8 Å². The normalized spacial score (nSPS) is 29.7. The van der Waals surface area contributed by atoms with E-state index in [0.717, 1.165) is 13.0 Å². The summed E-state index contributed by atoms with van der Waals surface area (Å²) in [5, 5.41) is 0. The maximum Gasteiger partial charge on any atom is 0.302 e. The van der Waals surface area contributed by atoms with Crippen molar-refractivity contribution in [3.8, 4) is 0 Å². The molecule has 2 fully saturated rings. The highest BCUT2D eigenvalue weighted by atomic mass is 16.6. The van der Waals surface area contributed by atoms with Crippen molar-refractivity contribution in [2.75, 3.05) is 33.0 Å². The molecular weight excluding hydrogens is 236 g/mol. The van der Waals surface area contributed by atoms with Crippen molar-refractivity contribution < 1.29 is 23.7 Å². The monoisotopic (exact) mass is 258 g/mol. The summed E-state index contributed by atoms with van der Waals surface area (Å²) >= 11 is 0. The van der Waals surface area contributed by atoms with Crippen LogP contribution in [0.5, 0.6) is 0 Å². The highest BCUT2D eigenvalue weighted by Gasteiger charge is 2.43. The largest absolute Gasteiger partial charge is 0.463 e. The van der Waals surface area contributed by atoms with Crippen LogP contribution in [0.2, 0.25) is 0 Å². The first-order chi connectivity index (χ1) is 8.75. The second-order valence-corrected chi connectivity index (χ2v) is 4.92. The summed E-state index contributed by atoms with van der Waals surface area (Å²) in [6.45, 7) is 4.10. The predicted molar refractivity (Wildman–Crippen MR) is 64.3 cm³/mol. The molecule has 1 heterocycles. The molecular formula is C13H22O5. The van der Waals surface area contributed by atoms with Crippen LogP contribution in [0.1, 0.15) is 26.2 Å². The Kier molecular flexibility index (Phi) is 5.41. The molecule has 104 valence electrons. The fourth-order valence-corrected chi connectivity index (χ4v) is 2.35. The lowest BCUT2D eigenvalue weighted by Gasteiger charge is -2.18. The Hall–Kier alpha value is -0.650. The highest BCUT2D eigenvalue weighted by molar-refractivity contribution is 5.65. The zero-order chi connectivity index (χ0) is 12.8. The van der Waals surface area contributed by atoms with Crippen LogP contribution in [-0.2, 0) is 23.7 Å². The average molecular weight is 258 g/mol. The van der Waals surface area contributed by atoms with Gasteiger partial charge in [-0.3, -0.25) is 4.79 Å². The lowest BCUT2D eigenvalue weighted by Crippen LogP contribution is -2.19. The molecule has 0 aromatic carbocycles. The third-order valence-corrected chi connectivity index (χ3v) is 3.37. The molecule has 0 radical (unpaired) electrons. The van der Waals surface area contributed by atoms with Crippen molar-refractivity contribution in [1.29, 1.82) is 0 Å². The van der Waals surface area contributed by atoms with E-state index >= 15 is 0 Å². The van der Waals surface area contributed by atoms with E-state index in [4.69, 9.17) is 18.9 Å². The van der Waals surface area contributed by atoms with Gasteiger partial charge in [0.25, 0.3) is 0 Å². The van der Waals surface area contributed by atoms with Gasteiger partial charge in [-0.15, -0.1) is 0 Å². The Balaban J connectivity index is 1.36. The van der Waals surface area contributed by atoms with Gasteiger partial charge in [-0.05, 0) is 25.2 Å². The summed E-state index contributed by atoms with van der Waals surface area (Å²) in [5.41, 5.74) is 0. The molecule has 2 aliphatic rings. The standard InChI is InChI=1S/C13H22O5/c1-10(14)17-7-6-15-4-5-16-9-11-2-3-12-13(8-11)18-12/h11-13H,2-9H2,1H3. The lowest BCUT2D eigenvalue weighted by atomic mass is 9.90. The summed E-state index contributed by atoms with van der Waals surface area (Å²) in [4.78, 5) is 10.5. The molecule has 1 saturated heterocycles. The van der Waals surface area contributed by atoms with Crippen LogP contribution in [-0.4, -0.2) is 51.2 Å². The number of ether oxygens (including phenoxy) is 4. The second kappa shape index (κ2) is 7.07. The summed E-state index contributed by atoms with van der Waals surface area (Å²) in [6.07, 6.45) is 4.64. The van der Waals surface area contributed by atoms with Gasteiger partial charge in [-0.1, -0.05) is 0 Å². The number of fused-ring (bicyclic) bond motifs is 1. The molecule has 0 bridgehead atoms. The minimum atomic E-state index is -0.271. The zero-order valence-electron chi connectivity index (χ0n) is 10.9. The van der Waals surface area contributed by atoms with Crippen LogP contribution in [0.15, 0.2) is 0 Å². The van der Waals surface area contributed by atoms with Crippen molar-refractivity contribution in [2.45, 2.75) is 38.4 Å². The first-order valence-electron chi connectivity index (χ1n) is 6.70. The average Bonchev–Trinajstić information content (AvgIpc) is 3.10. The minimum absolute atomic E-state index is 0.271. The third kappa shape index (κ3) is 4.92. The second-order valence-electron chi connectivity index (χ2n) is 4.92. The van der Waals surface area contributed by atoms with Gasteiger partial charge in [0.1, 0.15) is 6.61 Å². The van der Waals surface area contributed by atoms with E-state index in [-0.39, 0.29) is 5.97 Å². The summed E-state index contributed by atoms with van der Waals surface area (Å²) in [7, 11) is 0. The van der Waals surface area contributed by atoms with Gasteiger partial charge >= 0.3 is 5.97 Å². The Morgan fingerprint density at radius 2 is 1.89 bits per heavy atom. The van der Waals surface area contributed by atoms with Crippen molar-refractivity contribution >= 4 is 5.97 Å². The quantitative estimate of drug-likeness (QED) is 0.371. The highest BCUT2D eigenvalue weighted by Crippen LogP contribution is 2.39. The molecule has 0 aromatic heterocycles. The van der Waals surface area contributed by atoms with Crippen LogP contribution < -0.4 is 0 Å². The molecule has 1 aliphatic heterocycles. The maximum atomic E-state index is 10.5. The van der Waals surface area contributed by atoms with E-state index in [0.29, 0.717) is 44.6 Å². The van der Waals surface area contributed by atoms with Crippen LogP contribution in [0, 0.1) is 5.92 Å². The van der Waals surface area contributed by atoms with Crippen molar-refractivity contribution in [1.82, 2.24) is 0 Å². The molecule has 1 aliphatic carbocycles. The Morgan fingerprint density at radius 3 is 2.67 bits per heavy atom. The number of rotatable bonds is 8. The fourth-order valence-electron chi connectivity index (χ4n) is 2.35. The van der Waals surface area contributed by atoms with Gasteiger partial charge in [0.15, 0.2) is 0 Å². The van der Waals surface area contributed by atoms with Gasteiger partial charge in [-0.2, -0.15) is 0 Å². The van der Waals surface area contributed by atoms with Crippen molar-refractivity contribution in [3.63, 3.8) is 0 Å². The van der Waals surface area contributed by atoms with Gasteiger partial charge in [0, 0.05) is 13.5 Å². The van der Waals surface area contributed by atoms with E-state index in [1.807, 2.05) is 0 Å². The van der Waals surface area contributed by atoms with Crippen LogP contribution in [0.4, 0.5) is 0 Å². The van der Waals surface area contributed by atoms with Crippen LogP contribution in [0.3, 0.4) is 0 Å². The Bertz CT molecular complexity index is 268. The Labute approximate surface area is 108 Å². The molecule has 3 atom stereocenters. The topological polar surface area (TPSA) is 57.3 Å². The van der Waals surface area contributed by atoms with E-state index in [1.54, 1.807) is 0 Å². The molecule has 0 aromatic rings. The smallest absolute Gasteiger partial charge is 0.302 e. The zero-order valence-corrected chi connectivity index (χ0v) is 10.9. The third-order valence-electron chi connectivity index (χ3n) is 3.37. The van der Waals surface area contributed by atoms with Gasteiger partial charge in [0.2, 0.25) is 0 Å². The maximum absolute atomic E-state index is 10.5. The predicted octanol–water partition coefficient (Wildman–Crippen LogP) is 1.15. The molecule has 0 spiro atoms. The first-order valence-corrected chi connectivity index (χ1v) is 6.70.